The number of benzene rings is 1. The number of rotatable bonds is 6. The molecule has 5 N–H and O–H groups in total. The number of fused-ring (bicyclic) bond motifs is 3. The lowest BCUT2D eigenvalue weighted by Gasteiger charge is -2.51. The topological polar surface area (TPSA) is 197 Å². The Bertz CT molecular complexity index is 1680. The second-order valence-electron chi connectivity index (χ2n) is 11.9. The van der Waals surface area contributed by atoms with Gasteiger partial charge in [-0.15, -0.1) is 0 Å². The zero-order chi connectivity index (χ0) is 32.1. The number of nitrogens with one attached hydrogen (secondary N) is 1. The van der Waals surface area contributed by atoms with Crippen molar-refractivity contribution in [2.45, 2.75) is 81.4 Å². The minimum atomic E-state index is -2.11. The van der Waals surface area contributed by atoms with Gasteiger partial charge in [-0.3, -0.25) is 14.4 Å². The Labute approximate surface area is 250 Å². The molecule has 0 radical (unpaired) electrons. The molecule has 4 heterocycles. The van der Waals surface area contributed by atoms with Gasteiger partial charge in [0, 0.05) is 41.9 Å². The van der Waals surface area contributed by atoms with Crippen LogP contribution in [0.3, 0.4) is 0 Å². The van der Waals surface area contributed by atoms with E-state index < -0.39 is 101 Å². The summed E-state index contributed by atoms with van der Waals surface area (Å²) in [5, 5.41) is 42.5. The molecule has 45 heavy (non-hydrogen) atoms. The molecule has 2 aliphatic carbocycles. The Balaban J connectivity index is 1.27. The van der Waals surface area contributed by atoms with Crippen LogP contribution in [0.5, 0.6) is 5.75 Å². The molecule has 1 aromatic carbocycles. The Kier molecular flexibility index (Phi) is 6.76. The van der Waals surface area contributed by atoms with Gasteiger partial charge in [0.15, 0.2) is 23.8 Å². The lowest BCUT2D eigenvalue weighted by Crippen LogP contribution is -2.62. The number of carboxylic acid groups (broad SMARTS) is 1. The lowest BCUT2D eigenvalue weighted by atomic mass is 9.76. The summed E-state index contributed by atoms with van der Waals surface area (Å²) in [6.07, 6.45) is -7.96. The Morgan fingerprint density at radius 2 is 1.78 bits per heavy atom. The number of aliphatic carboxylic acids is 1. The van der Waals surface area contributed by atoms with Crippen LogP contribution in [0.2, 0.25) is 0 Å². The van der Waals surface area contributed by atoms with Crippen LogP contribution in [-0.4, -0.2) is 96.8 Å². The fourth-order valence-electron chi connectivity index (χ4n) is 6.82. The smallest absolute Gasteiger partial charge is 0.335 e. The minimum Gasteiger partial charge on any atom is -0.479 e. The van der Waals surface area contributed by atoms with Crippen molar-refractivity contribution >= 4 is 17.8 Å². The Morgan fingerprint density at radius 3 is 2.42 bits per heavy atom. The number of carbonyl (C=O) groups excluding carboxylic acids is 2. The first-order chi connectivity index (χ1) is 21.3. The number of amides is 2. The van der Waals surface area contributed by atoms with Crippen molar-refractivity contribution < 1.29 is 62.2 Å². The molecule has 2 amide bonds. The first-order valence-corrected chi connectivity index (χ1v) is 14.1. The largest absolute Gasteiger partial charge is 0.479 e. The van der Waals surface area contributed by atoms with Crippen molar-refractivity contribution in [3.05, 3.63) is 62.8 Å². The standard InChI is InChI=1S/C28H26F3N3O11/c29-9-3-12(30)10(13(31)4-9)6-32-24(39)11-7-33-8-16-34(14-5-28(14)2-1-15(28)43-16)25(40)17(33)22(18(11)35)44-27-21(38)19(36)20(37)23(45-27)26(41)42/h3-4,7,14-16,19-21,23,27,36-38H,1-2,5-6,8H2,(H,32,39)(H,41,42)/t14-,15-,16-,19+,20+,21-,23+,27-,28?/m1/s1. The zero-order valence-electron chi connectivity index (χ0n) is 23.1. The van der Waals surface area contributed by atoms with Crippen LogP contribution in [0.15, 0.2) is 23.1 Å². The van der Waals surface area contributed by atoms with Crippen molar-refractivity contribution in [2.24, 2.45) is 5.41 Å². The lowest BCUT2D eigenvalue weighted by molar-refractivity contribution is -0.271. The molecule has 17 heteroatoms. The highest BCUT2D eigenvalue weighted by Gasteiger charge is 2.72. The molecule has 2 saturated heterocycles. The van der Waals surface area contributed by atoms with Crippen LogP contribution in [-0.2, 0) is 27.4 Å². The van der Waals surface area contributed by atoms with Crippen LogP contribution < -0.4 is 15.5 Å². The molecule has 1 unspecified atom stereocenters. The Hall–Kier alpha value is -4.03. The normalized spacial score (nSPS) is 34.4. The summed E-state index contributed by atoms with van der Waals surface area (Å²) in [5.74, 6) is -8.22. The second-order valence-corrected chi connectivity index (χ2v) is 11.9. The molecule has 240 valence electrons. The maximum Gasteiger partial charge on any atom is 0.335 e. The van der Waals surface area contributed by atoms with E-state index in [2.05, 4.69) is 5.32 Å². The van der Waals surface area contributed by atoms with Gasteiger partial charge in [-0.1, -0.05) is 0 Å². The van der Waals surface area contributed by atoms with Gasteiger partial charge in [0.2, 0.25) is 11.7 Å². The molecule has 14 nitrogen and oxygen atoms in total. The highest BCUT2D eigenvalue weighted by atomic mass is 19.1. The summed E-state index contributed by atoms with van der Waals surface area (Å²) < 4.78 is 59.8. The van der Waals surface area contributed by atoms with Crippen molar-refractivity contribution in [1.29, 1.82) is 0 Å². The number of pyridine rings is 1. The predicted octanol–water partition coefficient (Wildman–Crippen LogP) is -0.800. The van der Waals surface area contributed by atoms with Gasteiger partial charge in [0.1, 0.15) is 41.3 Å². The molecule has 3 aliphatic heterocycles. The molecule has 1 spiro atoms. The molecule has 9 atom stereocenters. The van der Waals surface area contributed by atoms with Crippen molar-refractivity contribution in [2.75, 3.05) is 0 Å². The van der Waals surface area contributed by atoms with E-state index in [0.717, 1.165) is 19.0 Å². The van der Waals surface area contributed by atoms with Crippen molar-refractivity contribution in [1.82, 2.24) is 14.8 Å². The molecule has 0 bridgehead atoms. The van der Waals surface area contributed by atoms with E-state index in [-0.39, 0.29) is 29.8 Å². The van der Waals surface area contributed by atoms with Gasteiger partial charge in [-0.2, -0.15) is 0 Å². The van der Waals surface area contributed by atoms with Gasteiger partial charge in [-0.25, -0.2) is 18.0 Å². The van der Waals surface area contributed by atoms with Crippen LogP contribution in [0.1, 0.15) is 45.7 Å². The number of carbonyl (C=O) groups is 3. The molecule has 2 saturated carbocycles. The summed E-state index contributed by atoms with van der Waals surface area (Å²) in [4.78, 5) is 54.1. The SMILES string of the molecule is O=C(NCc1c(F)cc(F)cc1F)c1cn2c(c(O[C@@H]3O[C@H](C(=O)O)[C@@H](O)[C@H](O)[C@H]3O)c1=O)C(=O)N1[C@@H](C2)O[C@@H]2CCC23C[C@@H]13. The molecule has 4 fully saturated rings. The molecule has 1 aromatic heterocycles. The van der Waals surface area contributed by atoms with Gasteiger partial charge in [0.05, 0.1) is 12.6 Å². The van der Waals surface area contributed by atoms with Crippen molar-refractivity contribution in [3.63, 3.8) is 0 Å². The minimum absolute atomic E-state index is 0.0665. The fraction of sp³-hybridized carbons (Fsp3) is 0.500. The van der Waals surface area contributed by atoms with Gasteiger partial charge < -0.3 is 49.4 Å². The second kappa shape index (κ2) is 10.2. The highest BCUT2D eigenvalue weighted by Crippen LogP contribution is 2.67. The van der Waals surface area contributed by atoms with E-state index in [1.54, 1.807) is 0 Å². The Morgan fingerprint density at radius 1 is 1.07 bits per heavy atom. The number of ether oxygens (including phenoxy) is 3. The first-order valence-electron chi connectivity index (χ1n) is 14.1. The average molecular weight is 638 g/mol. The molecular formula is C28H26F3N3O11. The number of aliphatic hydroxyl groups excluding tert-OH is 3. The summed E-state index contributed by atoms with van der Waals surface area (Å²) in [7, 11) is 0. The van der Waals surface area contributed by atoms with E-state index in [1.165, 1.54) is 9.47 Å². The monoisotopic (exact) mass is 637 g/mol. The van der Waals surface area contributed by atoms with Crippen molar-refractivity contribution in [3.8, 4) is 5.75 Å². The van der Waals surface area contributed by atoms with E-state index >= 15 is 0 Å². The van der Waals surface area contributed by atoms with Gasteiger partial charge >= 0.3 is 5.97 Å². The number of halogens is 3. The number of nitrogens with zero attached hydrogens (tertiary/aromatic N) is 2. The molecule has 5 aliphatic rings. The fourth-order valence-corrected chi connectivity index (χ4v) is 6.82. The molecule has 2 aromatic rings. The molecule has 7 rings (SSSR count). The number of aromatic nitrogens is 1. The number of carboxylic acids is 1. The molecular weight excluding hydrogens is 611 g/mol. The van der Waals surface area contributed by atoms with Gasteiger partial charge in [0.25, 0.3) is 11.8 Å². The average Bonchev–Trinajstić information content (AvgIpc) is 3.74. The summed E-state index contributed by atoms with van der Waals surface area (Å²) in [6.45, 7) is -0.873. The number of hydrogen-bond acceptors (Lipinski definition) is 10. The van der Waals surface area contributed by atoms with Gasteiger partial charge in [-0.05, 0) is 19.3 Å². The maximum absolute atomic E-state index is 14.2. The summed E-state index contributed by atoms with van der Waals surface area (Å²) >= 11 is 0. The van der Waals surface area contributed by atoms with Crippen LogP contribution >= 0.6 is 0 Å². The van der Waals surface area contributed by atoms with E-state index in [0.29, 0.717) is 18.6 Å². The first kappa shape index (κ1) is 29.7. The number of hydrogen-bond donors (Lipinski definition) is 5. The third-order valence-electron chi connectivity index (χ3n) is 9.41. The maximum atomic E-state index is 14.2. The number of aliphatic hydroxyl groups is 3. The zero-order valence-corrected chi connectivity index (χ0v) is 23.1. The van der Waals surface area contributed by atoms with E-state index in [4.69, 9.17) is 14.2 Å². The highest BCUT2D eigenvalue weighted by molar-refractivity contribution is 5.99. The third kappa shape index (κ3) is 4.44. The van der Waals surface area contributed by atoms with E-state index in [9.17, 15) is 52.8 Å². The third-order valence-corrected chi connectivity index (χ3v) is 9.41. The van der Waals surface area contributed by atoms with Crippen LogP contribution in [0, 0.1) is 22.9 Å². The quantitative estimate of drug-likeness (QED) is 0.266. The van der Waals surface area contributed by atoms with E-state index in [1.807, 2.05) is 0 Å². The predicted molar refractivity (Wildman–Crippen MR) is 138 cm³/mol. The summed E-state index contributed by atoms with van der Waals surface area (Å²) in [5.41, 5.74) is -3.18. The van der Waals surface area contributed by atoms with Crippen LogP contribution in [0.25, 0.3) is 0 Å². The van der Waals surface area contributed by atoms with Crippen LogP contribution in [0.4, 0.5) is 13.2 Å². The summed E-state index contributed by atoms with van der Waals surface area (Å²) in [6, 6.07) is 0.647.